The van der Waals surface area contributed by atoms with Crippen LogP contribution in [0.5, 0.6) is 5.75 Å². The van der Waals surface area contributed by atoms with Gasteiger partial charge >= 0.3 is 5.97 Å². The first-order valence-corrected chi connectivity index (χ1v) is 6.55. The second kappa shape index (κ2) is 5.71. The minimum Gasteiger partial charge on any atom is -0.488 e. The van der Waals surface area contributed by atoms with Crippen LogP contribution in [0.1, 0.15) is 16.1 Å². The van der Waals surface area contributed by atoms with E-state index in [-0.39, 0.29) is 5.76 Å². The summed E-state index contributed by atoms with van der Waals surface area (Å²) >= 11 is 0. The third-order valence-corrected chi connectivity index (χ3v) is 3.21. The number of carbonyl (C=O) groups excluding carboxylic acids is 1. The van der Waals surface area contributed by atoms with E-state index in [9.17, 15) is 4.79 Å². The molecule has 4 heteroatoms. The molecule has 0 unspecified atom stereocenters. The van der Waals surface area contributed by atoms with Gasteiger partial charge in [0, 0.05) is 5.39 Å². The highest BCUT2D eigenvalue weighted by molar-refractivity contribution is 6.04. The van der Waals surface area contributed by atoms with Crippen molar-refractivity contribution in [1.29, 1.82) is 0 Å². The Morgan fingerprint density at radius 1 is 1.05 bits per heavy atom. The second-order valence-electron chi connectivity index (χ2n) is 4.55. The van der Waals surface area contributed by atoms with Gasteiger partial charge in [0.25, 0.3) is 0 Å². The fourth-order valence-electron chi connectivity index (χ4n) is 2.16. The van der Waals surface area contributed by atoms with Gasteiger partial charge < -0.3 is 13.9 Å². The van der Waals surface area contributed by atoms with Gasteiger partial charge in [0.05, 0.1) is 12.5 Å². The Labute approximate surface area is 121 Å². The van der Waals surface area contributed by atoms with Crippen LogP contribution in [0.4, 0.5) is 0 Å². The van der Waals surface area contributed by atoms with Gasteiger partial charge in [-0.05, 0) is 17.7 Å². The van der Waals surface area contributed by atoms with Crippen LogP contribution in [-0.2, 0) is 11.3 Å². The molecular weight excluding hydrogens is 268 g/mol. The average molecular weight is 282 g/mol. The van der Waals surface area contributed by atoms with Crippen molar-refractivity contribution in [3.63, 3.8) is 0 Å². The van der Waals surface area contributed by atoms with E-state index in [1.54, 1.807) is 6.07 Å². The number of methoxy groups -OCH3 is 1. The van der Waals surface area contributed by atoms with Gasteiger partial charge in [-0.25, -0.2) is 4.79 Å². The van der Waals surface area contributed by atoms with E-state index in [4.69, 9.17) is 13.9 Å². The van der Waals surface area contributed by atoms with Crippen molar-refractivity contribution in [1.82, 2.24) is 0 Å². The number of ether oxygens (including phenoxy) is 2. The number of carbonyl (C=O) groups is 1. The average Bonchev–Trinajstić information content (AvgIpc) is 2.97. The summed E-state index contributed by atoms with van der Waals surface area (Å²) < 4.78 is 15.8. The third-order valence-electron chi connectivity index (χ3n) is 3.21. The summed E-state index contributed by atoms with van der Waals surface area (Å²) in [6, 6.07) is 15.4. The van der Waals surface area contributed by atoms with Crippen molar-refractivity contribution in [2.24, 2.45) is 0 Å². The summed E-state index contributed by atoms with van der Waals surface area (Å²) in [7, 11) is 1.33. The molecule has 0 atom stereocenters. The van der Waals surface area contributed by atoms with Crippen molar-refractivity contribution in [2.75, 3.05) is 7.11 Å². The monoisotopic (exact) mass is 282 g/mol. The largest absolute Gasteiger partial charge is 0.488 e. The Hall–Kier alpha value is -2.75. The maximum absolute atomic E-state index is 11.6. The van der Waals surface area contributed by atoms with Crippen LogP contribution in [0.15, 0.2) is 59.2 Å². The topological polar surface area (TPSA) is 48.7 Å². The Morgan fingerprint density at radius 2 is 1.86 bits per heavy atom. The van der Waals surface area contributed by atoms with Gasteiger partial charge in [0.15, 0.2) is 0 Å². The molecule has 1 heterocycles. The molecule has 21 heavy (non-hydrogen) atoms. The van der Waals surface area contributed by atoms with Crippen molar-refractivity contribution in [3.8, 4) is 5.75 Å². The summed E-state index contributed by atoms with van der Waals surface area (Å²) in [5.74, 6) is 0.373. The van der Waals surface area contributed by atoms with Crippen LogP contribution in [-0.4, -0.2) is 13.1 Å². The maximum Gasteiger partial charge on any atom is 0.374 e. The molecule has 106 valence electrons. The molecule has 1 aromatic heterocycles. The van der Waals surface area contributed by atoms with Crippen LogP contribution in [0.2, 0.25) is 0 Å². The molecule has 0 bridgehead atoms. The lowest BCUT2D eigenvalue weighted by Gasteiger charge is -2.07. The fraction of sp³-hybridized carbons (Fsp3) is 0.118. The molecule has 0 fully saturated rings. The van der Waals surface area contributed by atoms with Crippen molar-refractivity contribution in [2.45, 2.75) is 6.61 Å². The van der Waals surface area contributed by atoms with Gasteiger partial charge in [-0.2, -0.15) is 0 Å². The Kier molecular flexibility index (Phi) is 3.60. The zero-order valence-electron chi connectivity index (χ0n) is 11.5. The number of benzene rings is 2. The number of esters is 1. The predicted octanol–water partition coefficient (Wildman–Crippen LogP) is 3.80. The van der Waals surface area contributed by atoms with Crippen molar-refractivity contribution in [3.05, 3.63) is 66.1 Å². The van der Waals surface area contributed by atoms with Crippen LogP contribution in [0.3, 0.4) is 0 Å². The summed E-state index contributed by atoms with van der Waals surface area (Å²) in [6.07, 6.45) is 1.52. The highest BCUT2D eigenvalue weighted by atomic mass is 16.5. The van der Waals surface area contributed by atoms with Crippen LogP contribution < -0.4 is 4.74 Å². The zero-order chi connectivity index (χ0) is 14.7. The van der Waals surface area contributed by atoms with Gasteiger partial charge in [-0.1, -0.05) is 36.4 Å². The molecule has 0 spiro atoms. The highest BCUT2D eigenvalue weighted by Gasteiger charge is 2.17. The quantitative estimate of drug-likeness (QED) is 0.683. The van der Waals surface area contributed by atoms with E-state index in [1.807, 2.05) is 42.5 Å². The van der Waals surface area contributed by atoms with E-state index >= 15 is 0 Å². The molecule has 0 aliphatic heterocycles. The van der Waals surface area contributed by atoms with Gasteiger partial charge in [-0.15, -0.1) is 0 Å². The Bertz CT molecular complexity index is 759. The number of hydrogen-bond acceptors (Lipinski definition) is 4. The molecule has 3 aromatic rings. The first-order valence-electron chi connectivity index (χ1n) is 6.55. The lowest BCUT2D eigenvalue weighted by Crippen LogP contribution is -1.99. The maximum atomic E-state index is 11.6. The van der Waals surface area contributed by atoms with Crippen LogP contribution in [0.25, 0.3) is 10.8 Å². The molecule has 0 aliphatic carbocycles. The fourth-order valence-corrected chi connectivity index (χ4v) is 2.16. The second-order valence-corrected chi connectivity index (χ2v) is 4.55. The highest BCUT2D eigenvalue weighted by Crippen LogP contribution is 2.30. The number of fused-ring (bicyclic) bond motifs is 1. The molecule has 3 rings (SSSR count). The first kappa shape index (κ1) is 13.2. The normalized spacial score (nSPS) is 10.5. The van der Waals surface area contributed by atoms with Gasteiger partial charge in [-0.3, -0.25) is 0 Å². The van der Waals surface area contributed by atoms with E-state index in [1.165, 1.54) is 13.4 Å². The molecule has 0 saturated carbocycles. The molecule has 2 aromatic carbocycles. The Balaban J connectivity index is 1.89. The summed E-state index contributed by atoms with van der Waals surface area (Å²) in [5, 5.41) is 1.45. The predicted molar refractivity (Wildman–Crippen MR) is 78.3 cm³/mol. The Morgan fingerprint density at radius 3 is 2.62 bits per heavy atom. The molecular formula is C17H14O4. The van der Waals surface area contributed by atoms with Crippen molar-refractivity contribution >= 4 is 16.7 Å². The van der Waals surface area contributed by atoms with Gasteiger partial charge in [0.1, 0.15) is 18.6 Å². The van der Waals surface area contributed by atoms with Gasteiger partial charge in [0.2, 0.25) is 5.76 Å². The summed E-state index contributed by atoms with van der Waals surface area (Å²) in [6.45, 7) is 0.457. The third kappa shape index (κ3) is 2.60. The zero-order valence-corrected chi connectivity index (χ0v) is 11.5. The molecule has 0 aliphatic rings. The molecule has 0 saturated heterocycles. The van der Waals surface area contributed by atoms with E-state index in [0.717, 1.165) is 10.9 Å². The first-order chi connectivity index (χ1) is 10.3. The SMILES string of the molecule is COC(=O)c1occ2c(OCc3ccccc3)cccc12. The number of rotatable bonds is 4. The number of hydrogen-bond donors (Lipinski definition) is 0. The summed E-state index contributed by atoms with van der Waals surface area (Å²) in [4.78, 5) is 11.6. The molecule has 4 nitrogen and oxygen atoms in total. The molecule has 0 amide bonds. The molecule has 0 N–H and O–H groups in total. The smallest absolute Gasteiger partial charge is 0.374 e. The van der Waals surface area contributed by atoms with E-state index in [0.29, 0.717) is 17.7 Å². The standard InChI is InChI=1S/C17H14O4/c1-19-17(18)16-13-8-5-9-15(14(13)11-21-16)20-10-12-6-3-2-4-7-12/h2-9,11H,10H2,1H3. The molecule has 0 radical (unpaired) electrons. The minimum absolute atomic E-state index is 0.192. The summed E-state index contributed by atoms with van der Waals surface area (Å²) in [5.41, 5.74) is 1.08. The lowest BCUT2D eigenvalue weighted by atomic mass is 10.1. The lowest BCUT2D eigenvalue weighted by molar-refractivity contribution is 0.0568. The number of furan rings is 1. The van der Waals surface area contributed by atoms with Crippen LogP contribution in [0, 0.1) is 0 Å². The van der Waals surface area contributed by atoms with E-state index < -0.39 is 5.97 Å². The van der Waals surface area contributed by atoms with Crippen molar-refractivity contribution < 1.29 is 18.7 Å². The van der Waals surface area contributed by atoms with E-state index in [2.05, 4.69) is 0 Å². The van der Waals surface area contributed by atoms with Crippen LogP contribution >= 0.6 is 0 Å². The minimum atomic E-state index is -0.495.